The van der Waals surface area contributed by atoms with Gasteiger partial charge in [0.25, 0.3) is 0 Å². The summed E-state index contributed by atoms with van der Waals surface area (Å²) >= 11 is 6.07. The smallest absolute Gasteiger partial charge is 0.0408 e. The Kier molecular flexibility index (Phi) is 3.08. The molecule has 0 aromatic heterocycles. The van der Waals surface area contributed by atoms with Crippen LogP contribution in [0, 0.1) is 11.8 Å². The number of hydrogen-bond donors (Lipinski definition) is 1. The summed E-state index contributed by atoms with van der Waals surface area (Å²) in [7, 11) is 0. The van der Waals surface area contributed by atoms with Gasteiger partial charge in [0.05, 0.1) is 0 Å². The largest absolute Gasteiger partial charge is 0.311 e. The molecule has 19 heavy (non-hydrogen) atoms. The molecule has 3 aliphatic carbocycles. The lowest BCUT2D eigenvalue weighted by Crippen LogP contribution is -2.47. The molecule has 0 saturated heterocycles. The van der Waals surface area contributed by atoms with Gasteiger partial charge in [-0.3, -0.25) is 0 Å². The Morgan fingerprint density at radius 3 is 2.32 bits per heavy atom. The summed E-state index contributed by atoms with van der Waals surface area (Å²) in [5.74, 6) is 2.76. The summed E-state index contributed by atoms with van der Waals surface area (Å²) in [5.41, 5.74) is 1.43. The van der Waals surface area contributed by atoms with E-state index >= 15 is 0 Å². The Hall–Kier alpha value is -0.530. The van der Waals surface area contributed by atoms with Crippen molar-refractivity contribution in [1.29, 1.82) is 0 Å². The zero-order valence-electron chi connectivity index (χ0n) is 11.3. The van der Waals surface area contributed by atoms with Crippen molar-refractivity contribution in [1.82, 2.24) is 5.32 Å². The van der Waals surface area contributed by atoms with Crippen LogP contribution in [0.2, 0.25) is 5.02 Å². The van der Waals surface area contributed by atoms with Gasteiger partial charge in [0.2, 0.25) is 0 Å². The van der Waals surface area contributed by atoms with E-state index in [1.165, 1.54) is 44.1 Å². The third-order valence-electron chi connectivity index (χ3n) is 5.15. The van der Waals surface area contributed by atoms with Gasteiger partial charge in [0.15, 0.2) is 0 Å². The minimum Gasteiger partial charge on any atom is -0.311 e. The second-order valence-electron chi connectivity index (χ2n) is 6.79. The fourth-order valence-corrected chi connectivity index (χ4v) is 3.83. The molecule has 0 bridgehead atoms. The van der Waals surface area contributed by atoms with Crippen LogP contribution in [-0.4, -0.2) is 12.1 Å². The van der Waals surface area contributed by atoms with Crippen molar-refractivity contribution in [3.05, 3.63) is 34.9 Å². The molecule has 1 nitrogen and oxygen atoms in total. The van der Waals surface area contributed by atoms with E-state index in [4.69, 9.17) is 11.6 Å². The van der Waals surface area contributed by atoms with Crippen LogP contribution in [0.15, 0.2) is 24.3 Å². The first kappa shape index (κ1) is 12.2. The normalized spacial score (nSPS) is 30.4. The first-order chi connectivity index (χ1) is 9.29. The molecule has 102 valence electrons. The lowest BCUT2D eigenvalue weighted by molar-refractivity contribution is 0.242. The SMILES string of the molecule is Clc1cccc(C2CC(NC(C3CC3)C3CC3)C2)c1. The lowest BCUT2D eigenvalue weighted by atomic mass is 9.75. The zero-order valence-corrected chi connectivity index (χ0v) is 12.1. The van der Waals surface area contributed by atoms with Gasteiger partial charge < -0.3 is 5.32 Å². The predicted molar refractivity (Wildman–Crippen MR) is 79.6 cm³/mol. The maximum absolute atomic E-state index is 6.07. The van der Waals surface area contributed by atoms with Crippen LogP contribution in [0.4, 0.5) is 0 Å². The third-order valence-corrected chi connectivity index (χ3v) is 5.38. The van der Waals surface area contributed by atoms with Gasteiger partial charge in [-0.15, -0.1) is 0 Å². The molecule has 1 aromatic carbocycles. The molecule has 0 unspecified atom stereocenters. The molecular formula is C17H22ClN. The second kappa shape index (κ2) is 4.79. The predicted octanol–water partition coefficient (Wildman–Crippen LogP) is 4.36. The van der Waals surface area contributed by atoms with Crippen molar-refractivity contribution in [2.75, 3.05) is 0 Å². The van der Waals surface area contributed by atoms with Gasteiger partial charge >= 0.3 is 0 Å². The molecule has 0 amide bonds. The van der Waals surface area contributed by atoms with Crippen molar-refractivity contribution < 1.29 is 0 Å². The molecule has 0 aliphatic heterocycles. The summed E-state index contributed by atoms with van der Waals surface area (Å²) < 4.78 is 0. The molecule has 3 fully saturated rings. The molecular weight excluding hydrogens is 254 g/mol. The summed E-state index contributed by atoms with van der Waals surface area (Å²) in [5, 5.41) is 4.84. The molecule has 0 atom stereocenters. The first-order valence-electron chi connectivity index (χ1n) is 7.81. The van der Waals surface area contributed by atoms with Crippen LogP contribution >= 0.6 is 11.6 Å². The highest BCUT2D eigenvalue weighted by Crippen LogP contribution is 2.46. The van der Waals surface area contributed by atoms with Gasteiger partial charge in [-0.25, -0.2) is 0 Å². The summed E-state index contributed by atoms with van der Waals surface area (Å²) in [4.78, 5) is 0. The van der Waals surface area contributed by atoms with Crippen molar-refractivity contribution in [3.63, 3.8) is 0 Å². The minimum absolute atomic E-state index is 0.732. The number of benzene rings is 1. The van der Waals surface area contributed by atoms with E-state index in [0.29, 0.717) is 0 Å². The van der Waals surface area contributed by atoms with Gasteiger partial charge in [-0.05, 0) is 74.0 Å². The van der Waals surface area contributed by atoms with Crippen LogP contribution in [0.1, 0.15) is 50.0 Å². The van der Waals surface area contributed by atoms with E-state index in [0.717, 1.165) is 34.9 Å². The van der Waals surface area contributed by atoms with Crippen molar-refractivity contribution in [3.8, 4) is 0 Å². The Morgan fingerprint density at radius 2 is 1.74 bits per heavy atom. The van der Waals surface area contributed by atoms with E-state index in [-0.39, 0.29) is 0 Å². The van der Waals surface area contributed by atoms with Gasteiger partial charge in [0, 0.05) is 17.1 Å². The maximum Gasteiger partial charge on any atom is 0.0408 e. The van der Waals surface area contributed by atoms with E-state index in [9.17, 15) is 0 Å². The van der Waals surface area contributed by atoms with Crippen LogP contribution in [0.25, 0.3) is 0 Å². The first-order valence-corrected chi connectivity index (χ1v) is 8.19. The van der Waals surface area contributed by atoms with Gasteiger partial charge in [-0.2, -0.15) is 0 Å². The highest BCUT2D eigenvalue weighted by molar-refractivity contribution is 6.30. The van der Waals surface area contributed by atoms with Gasteiger partial charge in [-0.1, -0.05) is 23.7 Å². The van der Waals surface area contributed by atoms with Crippen LogP contribution in [-0.2, 0) is 0 Å². The third kappa shape index (κ3) is 2.68. The quantitative estimate of drug-likeness (QED) is 0.842. The van der Waals surface area contributed by atoms with Crippen molar-refractivity contribution in [2.45, 2.75) is 56.5 Å². The zero-order chi connectivity index (χ0) is 12.8. The van der Waals surface area contributed by atoms with Crippen molar-refractivity contribution >= 4 is 11.6 Å². The molecule has 0 heterocycles. The average molecular weight is 276 g/mol. The summed E-state index contributed by atoms with van der Waals surface area (Å²) in [6.07, 6.45) is 8.49. The molecule has 3 aliphatic rings. The van der Waals surface area contributed by atoms with E-state index in [1.807, 2.05) is 6.07 Å². The molecule has 3 saturated carbocycles. The van der Waals surface area contributed by atoms with E-state index in [1.54, 1.807) is 0 Å². The Bertz CT molecular complexity index is 446. The molecule has 4 rings (SSSR count). The summed E-state index contributed by atoms with van der Waals surface area (Å²) in [6.45, 7) is 0. The molecule has 0 spiro atoms. The molecule has 2 heteroatoms. The van der Waals surface area contributed by atoms with Gasteiger partial charge in [0.1, 0.15) is 0 Å². The number of hydrogen-bond acceptors (Lipinski definition) is 1. The molecule has 1 aromatic rings. The Labute approximate surface area is 120 Å². The lowest BCUT2D eigenvalue weighted by Gasteiger charge is -2.39. The molecule has 1 N–H and O–H groups in total. The topological polar surface area (TPSA) is 12.0 Å². The second-order valence-corrected chi connectivity index (χ2v) is 7.22. The monoisotopic (exact) mass is 275 g/mol. The fraction of sp³-hybridized carbons (Fsp3) is 0.647. The fourth-order valence-electron chi connectivity index (χ4n) is 3.63. The number of halogens is 1. The highest BCUT2D eigenvalue weighted by atomic mass is 35.5. The number of nitrogens with one attached hydrogen (secondary N) is 1. The Morgan fingerprint density at radius 1 is 1.05 bits per heavy atom. The minimum atomic E-state index is 0.732. The molecule has 0 radical (unpaired) electrons. The summed E-state index contributed by atoms with van der Waals surface area (Å²) in [6, 6.07) is 10.0. The van der Waals surface area contributed by atoms with Crippen molar-refractivity contribution in [2.24, 2.45) is 11.8 Å². The van der Waals surface area contributed by atoms with E-state index < -0.39 is 0 Å². The maximum atomic E-state index is 6.07. The van der Waals surface area contributed by atoms with E-state index in [2.05, 4.69) is 23.5 Å². The number of rotatable bonds is 5. The van der Waals surface area contributed by atoms with Crippen LogP contribution in [0.3, 0.4) is 0 Å². The van der Waals surface area contributed by atoms with Crippen LogP contribution in [0.5, 0.6) is 0 Å². The Balaban J connectivity index is 1.32. The van der Waals surface area contributed by atoms with Crippen LogP contribution < -0.4 is 5.32 Å². The standard InChI is InChI=1S/C17H22ClN/c18-15-3-1-2-13(8-15)14-9-16(10-14)19-17(11-4-5-11)12-6-7-12/h1-3,8,11-12,14,16-17,19H,4-7,9-10H2. The highest BCUT2D eigenvalue weighted by Gasteiger charge is 2.43. The average Bonchev–Trinajstić information content (AvgIpc) is 3.22.